The van der Waals surface area contributed by atoms with Crippen molar-refractivity contribution in [2.75, 3.05) is 18.5 Å². The Balaban J connectivity index is 1.34. The molecule has 116 valence electrons. The van der Waals surface area contributed by atoms with Crippen LogP contribution in [0, 0.1) is 17.8 Å². The first-order chi connectivity index (χ1) is 10.8. The maximum Gasteiger partial charge on any atom is 0.228 e. The van der Waals surface area contributed by atoms with Crippen molar-refractivity contribution in [3.05, 3.63) is 36.4 Å². The van der Waals surface area contributed by atoms with Gasteiger partial charge in [0.1, 0.15) is 11.9 Å². The molecular weight excluding hydrogens is 278 g/mol. The summed E-state index contributed by atoms with van der Waals surface area (Å²) in [6.45, 7) is 1.44. The molecule has 0 radical (unpaired) electrons. The monoisotopic (exact) mass is 299 g/mol. The molecular formula is C18H21NO3. The Hall–Kier alpha value is -1.81. The second kappa shape index (κ2) is 5.76. The van der Waals surface area contributed by atoms with Crippen LogP contribution in [-0.4, -0.2) is 25.2 Å². The van der Waals surface area contributed by atoms with E-state index in [-0.39, 0.29) is 17.9 Å². The van der Waals surface area contributed by atoms with Crippen LogP contribution >= 0.6 is 0 Å². The molecule has 0 spiro atoms. The highest BCUT2D eigenvalue weighted by atomic mass is 16.5. The van der Waals surface area contributed by atoms with Crippen molar-refractivity contribution in [3.63, 3.8) is 0 Å². The van der Waals surface area contributed by atoms with Gasteiger partial charge < -0.3 is 14.8 Å². The van der Waals surface area contributed by atoms with E-state index < -0.39 is 0 Å². The van der Waals surface area contributed by atoms with Crippen LogP contribution in [0.15, 0.2) is 36.4 Å². The normalized spacial score (nSPS) is 32.4. The van der Waals surface area contributed by atoms with E-state index in [1.807, 2.05) is 24.3 Å². The largest absolute Gasteiger partial charge is 0.488 e. The summed E-state index contributed by atoms with van der Waals surface area (Å²) < 4.78 is 11.1. The zero-order valence-electron chi connectivity index (χ0n) is 12.5. The van der Waals surface area contributed by atoms with Crippen molar-refractivity contribution in [2.24, 2.45) is 17.8 Å². The minimum Gasteiger partial charge on any atom is -0.488 e. The first-order valence-corrected chi connectivity index (χ1v) is 8.11. The molecule has 4 heteroatoms. The molecule has 1 aromatic rings. The lowest BCUT2D eigenvalue weighted by Crippen LogP contribution is -2.25. The molecule has 4 rings (SSSR count). The molecule has 2 fully saturated rings. The summed E-state index contributed by atoms with van der Waals surface area (Å²) in [4.78, 5) is 12.4. The SMILES string of the molecule is O=C(Nc1ccc(O[C@H]2CCOC2)cc1)[C@@H]1C[C@H]2C=C[C@H]1C2. The predicted molar refractivity (Wildman–Crippen MR) is 83.8 cm³/mol. The van der Waals surface area contributed by atoms with Gasteiger partial charge in [-0.25, -0.2) is 0 Å². The molecule has 1 saturated carbocycles. The van der Waals surface area contributed by atoms with Gasteiger partial charge in [-0.05, 0) is 48.9 Å². The molecule has 4 nitrogen and oxygen atoms in total. The number of nitrogens with one attached hydrogen (secondary N) is 1. The molecule has 1 heterocycles. The van der Waals surface area contributed by atoms with Crippen LogP contribution < -0.4 is 10.1 Å². The van der Waals surface area contributed by atoms with Gasteiger partial charge in [0, 0.05) is 18.0 Å². The van der Waals surface area contributed by atoms with Crippen LogP contribution in [-0.2, 0) is 9.53 Å². The molecule has 4 atom stereocenters. The topological polar surface area (TPSA) is 47.6 Å². The highest BCUT2D eigenvalue weighted by molar-refractivity contribution is 5.93. The quantitative estimate of drug-likeness (QED) is 0.869. The van der Waals surface area contributed by atoms with Crippen molar-refractivity contribution in [2.45, 2.75) is 25.4 Å². The Bertz CT molecular complexity index is 574. The van der Waals surface area contributed by atoms with E-state index in [4.69, 9.17) is 9.47 Å². The van der Waals surface area contributed by atoms with Crippen LogP contribution in [0.25, 0.3) is 0 Å². The van der Waals surface area contributed by atoms with E-state index >= 15 is 0 Å². The average molecular weight is 299 g/mol. The van der Waals surface area contributed by atoms with Gasteiger partial charge in [-0.2, -0.15) is 0 Å². The predicted octanol–water partition coefficient (Wildman–Crippen LogP) is 3.01. The van der Waals surface area contributed by atoms with Crippen LogP contribution in [0.3, 0.4) is 0 Å². The summed E-state index contributed by atoms with van der Waals surface area (Å²) in [6, 6.07) is 7.64. The fraction of sp³-hybridized carbons (Fsp3) is 0.500. The van der Waals surface area contributed by atoms with Gasteiger partial charge in [0.15, 0.2) is 0 Å². The molecule has 3 aliphatic rings. The van der Waals surface area contributed by atoms with Gasteiger partial charge in [-0.15, -0.1) is 0 Å². The Kier molecular flexibility index (Phi) is 3.62. The van der Waals surface area contributed by atoms with Crippen molar-refractivity contribution in [3.8, 4) is 5.75 Å². The molecule has 0 unspecified atom stereocenters. The van der Waals surface area contributed by atoms with E-state index in [1.165, 1.54) is 0 Å². The van der Waals surface area contributed by atoms with Gasteiger partial charge in [-0.1, -0.05) is 12.2 Å². The van der Waals surface area contributed by atoms with Gasteiger partial charge in [0.25, 0.3) is 0 Å². The highest BCUT2D eigenvalue weighted by Crippen LogP contribution is 2.43. The lowest BCUT2D eigenvalue weighted by atomic mass is 9.93. The summed E-state index contributed by atoms with van der Waals surface area (Å²) >= 11 is 0. The Morgan fingerprint density at radius 2 is 2.05 bits per heavy atom. The van der Waals surface area contributed by atoms with Gasteiger partial charge in [0.05, 0.1) is 13.2 Å². The third kappa shape index (κ3) is 2.75. The number of hydrogen-bond acceptors (Lipinski definition) is 3. The summed E-state index contributed by atoms with van der Waals surface area (Å²) in [5.74, 6) is 2.17. The number of benzene rings is 1. The standard InChI is InChI=1S/C18H21NO3/c20-18(17-10-12-1-2-13(17)9-12)19-14-3-5-15(6-4-14)22-16-7-8-21-11-16/h1-6,12-13,16-17H,7-11H2,(H,19,20)/t12-,13-,16-,17+/m0/s1. The molecule has 1 aliphatic heterocycles. The maximum absolute atomic E-state index is 12.4. The van der Waals surface area contributed by atoms with Crippen molar-refractivity contribution >= 4 is 11.6 Å². The second-order valence-electron chi connectivity index (χ2n) is 6.50. The van der Waals surface area contributed by atoms with Gasteiger partial charge >= 0.3 is 0 Å². The van der Waals surface area contributed by atoms with E-state index in [1.54, 1.807) is 0 Å². The smallest absolute Gasteiger partial charge is 0.228 e. The number of ether oxygens (including phenoxy) is 2. The summed E-state index contributed by atoms with van der Waals surface area (Å²) in [6.07, 6.45) is 7.70. The van der Waals surface area contributed by atoms with Crippen LogP contribution in [0.2, 0.25) is 0 Å². The van der Waals surface area contributed by atoms with E-state index in [9.17, 15) is 4.79 Å². The average Bonchev–Trinajstić information content (AvgIpc) is 3.26. The van der Waals surface area contributed by atoms with Crippen LogP contribution in [0.5, 0.6) is 5.75 Å². The lowest BCUT2D eigenvalue weighted by Gasteiger charge is -2.18. The van der Waals surface area contributed by atoms with Crippen molar-refractivity contribution in [1.82, 2.24) is 0 Å². The first kappa shape index (κ1) is 13.8. The van der Waals surface area contributed by atoms with Gasteiger partial charge in [-0.3, -0.25) is 4.79 Å². The fourth-order valence-corrected chi connectivity index (χ4v) is 3.73. The number of amides is 1. The number of fused-ring (bicyclic) bond motifs is 2. The first-order valence-electron chi connectivity index (χ1n) is 8.11. The van der Waals surface area contributed by atoms with Crippen molar-refractivity contribution in [1.29, 1.82) is 0 Å². The van der Waals surface area contributed by atoms with E-state index in [2.05, 4.69) is 17.5 Å². The van der Waals surface area contributed by atoms with Crippen LogP contribution in [0.4, 0.5) is 5.69 Å². The minimum absolute atomic E-state index is 0.140. The third-order valence-electron chi connectivity index (χ3n) is 4.93. The molecule has 22 heavy (non-hydrogen) atoms. The summed E-state index contributed by atoms with van der Waals surface area (Å²) in [7, 11) is 0. The fourth-order valence-electron chi connectivity index (χ4n) is 3.73. The number of carbonyl (C=O) groups excluding carboxylic acids is 1. The molecule has 1 saturated heterocycles. The van der Waals surface area contributed by atoms with Crippen LogP contribution in [0.1, 0.15) is 19.3 Å². The molecule has 2 bridgehead atoms. The Labute approximate surface area is 130 Å². The third-order valence-corrected chi connectivity index (χ3v) is 4.93. The zero-order valence-corrected chi connectivity index (χ0v) is 12.5. The lowest BCUT2D eigenvalue weighted by molar-refractivity contribution is -0.120. The summed E-state index contributed by atoms with van der Waals surface area (Å²) in [5.41, 5.74) is 0.840. The van der Waals surface area contributed by atoms with E-state index in [0.717, 1.165) is 37.3 Å². The van der Waals surface area contributed by atoms with Crippen molar-refractivity contribution < 1.29 is 14.3 Å². The number of carbonyl (C=O) groups is 1. The zero-order chi connectivity index (χ0) is 14.9. The number of hydrogen-bond donors (Lipinski definition) is 1. The molecule has 2 aliphatic carbocycles. The number of allylic oxidation sites excluding steroid dienone is 2. The molecule has 1 amide bonds. The molecule has 1 aromatic carbocycles. The van der Waals surface area contributed by atoms with Gasteiger partial charge in [0.2, 0.25) is 5.91 Å². The minimum atomic E-state index is 0.140. The Morgan fingerprint density at radius 3 is 2.68 bits per heavy atom. The molecule has 0 aromatic heterocycles. The summed E-state index contributed by atoms with van der Waals surface area (Å²) in [5, 5.41) is 3.04. The molecule has 1 N–H and O–H groups in total. The van der Waals surface area contributed by atoms with E-state index in [0.29, 0.717) is 18.4 Å². The number of anilines is 1. The highest BCUT2D eigenvalue weighted by Gasteiger charge is 2.39. The second-order valence-corrected chi connectivity index (χ2v) is 6.50. The Morgan fingerprint density at radius 1 is 1.18 bits per heavy atom. The number of rotatable bonds is 4. The maximum atomic E-state index is 12.4.